The van der Waals surface area contributed by atoms with Crippen molar-refractivity contribution in [2.24, 2.45) is 4.99 Å². The van der Waals surface area contributed by atoms with Crippen LogP contribution in [0.25, 0.3) is 0 Å². The van der Waals surface area contributed by atoms with E-state index >= 15 is 0 Å². The van der Waals surface area contributed by atoms with Crippen LogP contribution in [0.4, 0.5) is 0 Å². The van der Waals surface area contributed by atoms with E-state index in [1.54, 1.807) is 0 Å². The summed E-state index contributed by atoms with van der Waals surface area (Å²) in [6, 6.07) is 0.589. The molecular weight excluding hydrogens is 196 g/mol. The second kappa shape index (κ2) is 5.03. The summed E-state index contributed by atoms with van der Waals surface area (Å²) in [7, 11) is 0. The maximum absolute atomic E-state index is 5.32. The van der Waals surface area contributed by atoms with Crippen molar-refractivity contribution in [3.8, 4) is 0 Å². The Morgan fingerprint density at radius 2 is 2.29 bits per heavy atom. The van der Waals surface area contributed by atoms with Gasteiger partial charge in [-0.2, -0.15) is 0 Å². The molecule has 0 radical (unpaired) electrons. The van der Waals surface area contributed by atoms with Crippen molar-refractivity contribution in [3.63, 3.8) is 0 Å². The van der Waals surface area contributed by atoms with Crippen molar-refractivity contribution >= 4 is 16.9 Å². The molecule has 2 aliphatic heterocycles. The summed E-state index contributed by atoms with van der Waals surface area (Å²) in [5.41, 5.74) is 0. The van der Waals surface area contributed by atoms with Gasteiger partial charge in [0.1, 0.15) is 0 Å². The van der Waals surface area contributed by atoms with E-state index in [2.05, 4.69) is 17.2 Å². The Morgan fingerprint density at radius 1 is 1.50 bits per heavy atom. The van der Waals surface area contributed by atoms with Crippen molar-refractivity contribution in [2.75, 3.05) is 19.8 Å². The fourth-order valence-electron chi connectivity index (χ4n) is 1.73. The van der Waals surface area contributed by atoms with Crippen molar-refractivity contribution in [1.29, 1.82) is 0 Å². The second-order valence-corrected chi connectivity index (χ2v) is 5.11. The fourth-order valence-corrected chi connectivity index (χ4v) is 2.74. The van der Waals surface area contributed by atoms with Crippen molar-refractivity contribution in [3.05, 3.63) is 0 Å². The smallest absolute Gasteiger partial charge is 0.157 e. The van der Waals surface area contributed by atoms with Gasteiger partial charge < -0.3 is 10.1 Å². The molecule has 1 N–H and O–H groups in total. The molecular formula is C10H18N2OS. The van der Waals surface area contributed by atoms with Crippen molar-refractivity contribution < 1.29 is 4.74 Å². The third-order valence-electron chi connectivity index (χ3n) is 2.72. The van der Waals surface area contributed by atoms with E-state index in [1.807, 2.05) is 11.8 Å². The third kappa shape index (κ3) is 2.64. The molecule has 1 saturated heterocycles. The lowest BCUT2D eigenvalue weighted by Crippen LogP contribution is -2.37. The lowest BCUT2D eigenvalue weighted by Gasteiger charge is -2.23. The first-order valence-electron chi connectivity index (χ1n) is 5.44. The van der Waals surface area contributed by atoms with Crippen LogP contribution in [0.5, 0.6) is 0 Å². The maximum atomic E-state index is 5.32. The summed E-state index contributed by atoms with van der Waals surface area (Å²) in [6.45, 7) is 5.01. The number of hydrogen-bond donors (Lipinski definition) is 1. The predicted octanol–water partition coefficient (Wildman–Crippen LogP) is 1.64. The molecule has 14 heavy (non-hydrogen) atoms. The van der Waals surface area contributed by atoms with E-state index in [9.17, 15) is 0 Å². The van der Waals surface area contributed by atoms with E-state index in [0.29, 0.717) is 11.3 Å². The topological polar surface area (TPSA) is 33.6 Å². The molecule has 1 fully saturated rings. The lowest BCUT2D eigenvalue weighted by atomic mass is 10.1. The summed E-state index contributed by atoms with van der Waals surface area (Å²) >= 11 is 1.90. The number of rotatable bonds is 2. The molecule has 0 amide bonds. The van der Waals surface area contributed by atoms with Gasteiger partial charge in [-0.15, -0.1) is 0 Å². The Hall–Kier alpha value is -0.220. The van der Waals surface area contributed by atoms with Crippen LogP contribution in [0.15, 0.2) is 4.99 Å². The summed E-state index contributed by atoms with van der Waals surface area (Å²) < 4.78 is 5.32. The highest BCUT2D eigenvalue weighted by molar-refractivity contribution is 8.14. The Kier molecular flexibility index (Phi) is 3.70. The summed E-state index contributed by atoms with van der Waals surface area (Å²) in [5.74, 6) is 0. The number of ether oxygens (including phenoxy) is 1. The van der Waals surface area contributed by atoms with E-state index in [4.69, 9.17) is 4.74 Å². The van der Waals surface area contributed by atoms with Crippen molar-refractivity contribution in [1.82, 2.24) is 5.32 Å². The Balaban J connectivity index is 1.75. The molecule has 1 unspecified atom stereocenters. The second-order valence-electron chi connectivity index (χ2n) is 3.82. The lowest BCUT2D eigenvalue weighted by molar-refractivity contribution is 0.0826. The number of nitrogens with one attached hydrogen (secondary N) is 1. The van der Waals surface area contributed by atoms with Crippen LogP contribution in [0, 0.1) is 0 Å². The molecule has 0 bridgehead atoms. The van der Waals surface area contributed by atoms with Crippen LogP contribution in [-0.4, -0.2) is 36.2 Å². The molecule has 2 rings (SSSR count). The molecule has 80 valence electrons. The SMILES string of the molecule is CCC1CN=C(NC2CCOCC2)S1. The minimum absolute atomic E-state index is 0.589. The van der Waals surface area contributed by atoms with Gasteiger partial charge >= 0.3 is 0 Å². The quantitative estimate of drug-likeness (QED) is 0.758. The van der Waals surface area contributed by atoms with Gasteiger partial charge in [-0.1, -0.05) is 18.7 Å². The standard InChI is InChI=1S/C10H18N2OS/c1-2-9-7-11-10(14-9)12-8-3-5-13-6-4-8/h8-9H,2-7H2,1H3,(H,11,12). The van der Waals surface area contributed by atoms with Crippen LogP contribution < -0.4 is 5.32 Å². The van der Waals surface area contributed by atoms with Crippen molar-refractivity contribution in [2.45, 2.75) is 37.5 Å². The number of amidine groups is 1. The average Bonchev–Trinajstić information content (AvgIpc) is 2.67. The number of thioether (sulfide) groups is 1. The van der Waals surface area contributed by atoms with E-state index < -0.39 is 0 Å². The molecule has 3 nitrogen and oxygen atoms in total. The molecule has 2 aliphatic rings. The zero-order chi connectivity index (χ0) is 9.80. The highest BCUT2D eigenvalue weighted by Gasteiger charge is 2.21. The Labute approximate surface area is 89.7 Å². The molecule has 0 aromatic carbocycles. The molecule has 4 heteroatoms. The highest BCUT2D eigenvalue weighted by atomic mass is 32.2. The largest absolute Gasteiger partial charge is 0.381 e. The minimum atomic E-state index is 0.589. The van der Waals surface area contributed by atoms with Gasteiger partial charge in [0.15, 0.2) is 5.17 Å². The Morgan fingerprint density at radius 3 is 2.93 bits per heavy atom. The van der Waals surface area contributed by atoms with Crippen LogP contribution in [0.3, 0.4) is 0 Å². The van der Waals surface area contributed by atoms with E-state index in [0.717, 1.165) is 37.8 Å². The molecule has 0 aromatic heterocycles. The summed E-state index contributed by atoms with van der Waals surface area (Å²) in [5, 5.41) is 5.38. The number of aliphatic imine (C=N–C) groups is 1. The van der Waals surface area contributed by atoms with Gasteiger partial charge in [-0.3, -0.25) is 4.99 Å². The maximum Gasteiger partial charge on any atom is 0.157 e. The fraction of sp³-hybridized carbons (Fsp3) is 0.900. The molecule has 0 saturated carbocycles. The van der Waals surface area contributed by atoms with Gasteiger partial charge in [0.2, 0.25) is 0 Å². The molecule has 0 spiro atoms. The van der Waals surface area contributed by atoms with E-state index in [1.165, 1.54) is 6.42 Å². The van der Waals surface area contributed by atoms with Crippen LogP contribution in [0.1, 0.15) is 26.2 Å². The van der Waals surface area contributed by atoms with Gasteiger partial charge in [-0.25, -0.2) is 0 Å². The van der Waals surface area contributed by atoms with Crippen LogP contribution in [0.2, 0.25) is 0 Å². The molecule has 0 aliphatic carbocycles. The van der Waals surface area contributed by atoms with Gasteiger partial charge in [-0.05, 0) is 19.3 Å². The van der Waals surface area contributed by atoms with Gasteiger partial charge in [0, 0.05) is 24.5 Å². The number of hydrogen-bond acceptors (Lipinski definition) is 4. The van der Waals surface area contributed by atoms with E-state index in [-0.39, 0.29) is 0 Å². The zero-order valence-corrected chi connectivity index (χ0v) is 9.48. The third-order valence-corrected chi connectivity index (χ3v) is 4.01. The van der Waals surface area contributed by atoms with Gasteiger partial charge in [0.25, 0.3) is 0 Å². The minimum Gasteiger partial charge on any atom is -0.381 e. The highest BCUT2D eigenvalue weighted by Crippen LogP contribution is 2.23. The normalized spacial score (nSPS) is 28.9. The van der Waals surface area contributed by atoms with Crippen LogP contribution in [-0.2, 0) is 4.74 Å². The number of nitrogens with zero attached hydrogens (tertiary/aromatic N) is 1. The first-order chi connectivity index (χ1) is 6.88. The molecule has 2 heterocycles. The summed E-state index contributed by atoms with van der Waals surface area (Å²) in [4.78, 5) is 4.51. The average molecular weight is 214 g/mol. The predicted molar refractivity (Wildman–Crippen MR) is 60.9 cm³/mol. The van der Waals surface area contributed by atoms with Crippen LogP contribution >= 0.6 is 11.8 Å². The Bertz CT molecular complexity index is 214. The first-order valence-corrected chi connectivity index (χ1v) is 6.32. The zero-order valence-electron chi connectivity index (χ0n) is 8.66. The monoisotopic (exact) mass is 214 g/mol. The first kappa shape index (κ1) is 10.3. The van der Waals surface area contributed by atoms with Gasteiger partial charge in [0.05, 0.1) is 6.54 Å². The molecule has 1 atom stereocenters. The summed E-state index contributed by atoms with van der Waals surface area (Å²) in [6.07, 6.45) is 3.46. The molecule has 0 aromatic rings.